The number of hydrogen-bond donors (Lipinski definition) is 1. The molecule has 0 fully saturated rings. The molecule has 0 spiro atoms. The zero-order valence-electron chi connectivity index (χ0n) is 10.2. The van der Waals surface area contributed by atoms with E-state index in [0.29, 0.717) is 16.8 Å². The summed E-state index contributed by atoms with van der Waals surface area (Å²) in [6, 6.07) is 11.1. The Kier molecular flexibility index (Phi) is 3.38. The van der Waals surface area contributed by atoms with Gasteiger partial charge in [0, 0.05) is 11.3 Å². The van der Waals surface area contributed by atoms with Crippen LogP contribution in [0.5, 0.6) is 5.75 Å². The first-order valence-corrected chi connectivity index (χ1v) is 5.58. The Morgan fingerprint density at radius 1 is 1.00 bits per heavy atom. The van der Waals surface area contributed by atoms with Gasteiger partial charge in [-0.3, -0.25) is 0 Å². The molecule has 0 aliphatic heterocycles. The third kappa shape index (κ3) is 3.19. The van der Waals surface area contributed by atoms with Crippen molar-refractivity contribution >= 4 is 5.69 Å². The number of hydrogen-bond acceptors (Lipinski definition) is 2. The molecule has 2 nitrogen and oxygen atoms in total. The molecule has 2 aromatic rings. The maximum absolute atomic E-state index is 12.4. The summed E-state index contributed by atoms with van der Waals surface area (Å²) in [4.78, 5) is 0. The van der Waals surface area contributed by atoms with E-state index in [9.17, 15) is 13.2 Å². The Balaban J connectivity index is 2.50. The first-order valence-electron chi connectivity index (χ1n) is 5.58. The fourth-order valence-corrected chi connectivity index (χ4v) is 1.89. The van der Waals surface area contributed by atoms with Crippen molar-refractivity contribution in [3.8, 4) is 16.9 Å². The van der Waals surface area contributed by atoms with Gasteiger partial charge in [0.25, 0.3) is 0 Å². The third-order valence-electron chi connectivity index (χ3n) is 2.65. The Morgan fingerprint density at radius 3 is 2.32 bits per heavy atom. The fraction of sp³-hybridized carbons (Fsp3) is 0.143. The molecule has 2 aromatic carbocycles. The highest BCUT2D eigenvalue weighted by Gasteiger charge is 2.32. The molecular formula is C14H12F3NO. The van der Waals surface area contributed by atoms with E-state index in [1.165, 1.54) is 12.1 Å². The molecule has 0 unspecified atom stereocenters. The lowest BCUT2D eigenvalue weighted by atomic mass is 9.99. The SMILES string of the molecule is Cc1cc(N)ccc1-c1ccccc1OC(F)(F)F. The van der Waals surface area contributed by atoms with Gasteiger partial charge in [-0.25, -0.2) is 0 Å². The number of rotatable bonds is 2. The number of nitrogen functional groups attached to an aromatic ring is 1. The highest BCUT2D eigenvalue weighted by Crippen LogP contribution is 2.35. The van der Waals surface area contributed by atoms with Crippen LogP contribution in [0.25, 0.3) is 11.1 Å². The summed E-state index contributed by atoms with van der Waals surface area (Å²) >= 11 is 0. The fourth-order valence-electron chi connectivity index (χ4n) is 1.89. The topological polar surface area (TPSA) is 35.2 Å². The summed E-state index contributed by atoms with van der Waals surface area (Å²) in [5.74, 6) is -0.220. The lowest BCUT2D eigenvalue weighted by Crippen LogP contribution is -2.17. The second-order valence-corrected chi connectivity index (χ2v) is 4.12. The zero-order chi connectivity index (χ0) is 14.0. The summed E-state index contributed by atoms with van der Waals surface area (Å²) in [7, 11) is 0. The number of alkyl halides is 3. The van der Waals surface area contributed by atoms with Gasteiger partial charge >= 0.3 is 6.36 Å². The van der Waals surface area contributed by atoms with Crippen molar-refractivity contribution in [1.82, 2.24) is 0 Å². The van der Waals surface area contributed by atoms with Crippen molar-refractivity contribution < 1.29 is 17.9 Å². The minimum atomic E-state index is -4.71. The second-order valence-electron chi connectivity index (χ2n) is 4.12. The van der Waals surface area contributed by atoms with E-state index in [2.05, 4.69) is 4.74 Å². The molecule has 0 bridgehead atoms. The van der Waals surface area contributed by atoms with Gasteiger partial charge in [-0.1, -0.05) is 24.3 Å². The van der Waals surface area contributed by atoms with E-state index < -0.39 is 6.36 Å². The number of aryl methyl sites for hydroxylation is 1. The van der Waals surface area contributed by atoms with Crippen molar-refractivity contribution in [3.63, 3.8) is 0 Å². The Bertz CT molecular complexity index is 593. The van der Waals surface area contributed by atoms with Crippen LogP contribution in [0.1, 0.15) is 5.56 Å². The van der Waals surface area contributed by atoms with E-state index in [0.717, 1.165) is 5.56 Å². The van der Waals surface area contributed by atoms with Crippen LogP contribution in [-0.2, 0) is 0 Å². The predicted molar refractivity (Wildman–Crippen MR) is 67.7 cm³/mol. The molecule has 0 amide bonds. The first-order chi connectivity index (χ1) is 8.87. The summed E-state index contributed by atoms with van der Waals surface area (Å²) in [5.41, 5.74) is 8.04. The largest absolute Gasteiger partial charge is 0.573 e. The molecule has 2 rings (SSSR count). The van der Waals surface area contributed by atoms with Crippen LogP contribution >= 0.6 is 0 Å². The van der Waals surface area contributed by atoms with Gasteiger partial charge in [0.1, 0.15) is 5.75 Å². The third-order valence-corrected chi connectivity index (χ3v) is 2.65. The molecule has 0 aromatic heterocycles. The van der Waals surface area contributed by atoms with Crippen LogP contribution in [0, 0.1) is 6.92 Å². The molecule has 5 heteroatoms. The average Bonchev–Trinajstić information content (AvgIpc) is 2.28. The highest BCUT2D eigenvalue weighted by molar-refractivity contribution is 5.74. The van der Waals surface area contributed by atoms with Crippen molar-refractivity contribution in [2.24, 2.45) is 0 Å². The van der Waals surface area contributed by atoms with E-state index in [1.54, 1.807) is 37.3 Å². The molecule has 19 heavy (non-hydrogen) atoms. The Hall–Kier alpha value is -2.17. The number of ether oxygens (including phenoxy) is 1. The normalized spacial score (nSPS) is 11.4. The summed E-state index contributed by atoms with van der Waals surface area (Å²) in [6.45, 7) is 1.79. The summed E-state index contributed by atoms with van der Waals surface area (Å²) in [6.07, 6.45) is -4.71. The van der Waals surface area contributed by atoms with Gasteiger partial charge in [-0.05, 0) is 36.2 Å². The van der Waals surface area contributed by atoms with E-state index >= 15 is 0 Å². The molecule has 0 heterocycles. The first kappa shape index (κ1) is 13.3. The van der Waals surface area contributed by atoms with Crippen LogP contribution in [0.2, 0.25) is 0 Å². The van der Waals surface area contributed by atoms with Gasteiger partial charge in [0.15, 0.2) is 0 Å². The minimum absolute atomic E-state index is 0.220. The molecule has 0 aliphatic rings. The highest BCUT2D eigenvalue weighted by atomic mass is 19.4. The molecule has 0 radical (unpaired) electrons. The van der Waals surface area contributed by atoms with Crippen molar-refractivity contribution in [2.75, 3.05) is 5.73 Å². The van der Waals surface area contributed by atoms with Crippen LogP contribution in [-0.4, -0.2) is 6.36 Å². The number of para-hydroxylation sites is 1. The lowest BCUT2D eigenvalue weighted by molar-refractivity contribution is -0.274. The summed E-state index contributed by atoms with van der Waals surface area (Å²) in [5, 5.41) is 0. The van der Waals surface area contributed by atoms with E-state index in [4.69, 9.17) is 5.73 Å². The molecule has 0 saturated carbocycles. The number of halogens is 3. The van der Waals surface area contributed by atoms with Gasteiger partial charge < -0.3 is 10.5 Å². The number of benzene rings is 2. The van der Waals surface area contributed by atoms with Gasteiger partial charge in [-0.15, -0.1) is 13.2 Å². The van der Waals surface area contributed by atoms with Crippen molar-refractivity contribution in [2.45, 2.75) is 13.3 Å². The molecule has 0 saturated heterocycles. The van der Waals surface area contributed by atoms with Crippen molar-refractivity contribution in [3.05, 3.63) is 48.0 Å². The minimum Gasteiger partial charge on any atom is -0.405 e. The van der Waals surface area contributed by atoms with E-state index in [1.807, 2.05) is 0 Å². The van der Waals surface area contributed by atoms with E-state index in [-0.39, 0.29) is 5.75 Å². The van der Waals surface area contributed by atoms with Crippen LogP contribution in [0.3, 0.4) is 0 Å². The van der Waals surface area contributed by atoms with Gasteiger partial charge in [0.2, 0.25) is 0 Å². The van der Waals surface area contributed by atoms with Crippen LogP contribution in [0.4, 0.5) is 18.9 Å². The molecular weight excluding hydrogens is 255 g/mol. The monoisotopic (exact) mass is 267 g/mol. The molecule has 0 atom stereocenters. The van der Waals surface area contributed by atoms with Crippen LogP contribution < -0.4 is 10.5 Å². The van der Waals surface area contributed by atoms with Gasteiger partial charge in [0.05, 0.1) is 0 Å². The number of anilines is 1. The van der Waals surface area contributed by atoms with Crippen molar-refractivity contribution in [1.29, 1.82) is 0 Å². The number of nitrogens with two attached hydrogens (primary N) is 1. The zero-order valence-corrected chi connectivity index (χ0v) is 10.2. The van der Waals surface area contributed by atoms with Gasteiger partial charge in [-0.2, -0.15) is 0 Å². The Morgan fingerprint density at radius 2 is 1.68 bits per heavy atom. The molecule has 2 N–H and O–H groups in total. The average molecular weight is 267 g/mol. The predicted octanol–water partition coefficient (Wildman–Crippen LogP) is 4.14. The maximum Gasteiger partial charge on any atom is 0.573 e. The standard InChI is InChI=1S/C14H12F3NO/c1-9-8-10(18)6-7-11(9)12-4-2-3-5-13(12)19-14(15,16)17/h2-8H,18H2,1H3. The smallest absolute Gasteiger partial charge is 0.405 e. The quantitative estimate of drug-likeness (QED) is 0.830. The van der Waals surface area contributed by atoms with Crippen LogP contribution in [0.15, 0.2) is 42.5 Å². The second kappa shape index (κ2) is 4.84. The lowest BCUT2D eigenvalue weighted by Gasteiger charge is -2.14. The maximum atomic E-state index is 12.4. The molecule has 0 aliphatic carbocycles. The molecule has 100 valence electrons. The summed E-state index contributed by atoms with van der Waals surface area (Å²) < 4.78 is 41.1. The Labute approximate surface area is 108 Å².